The molecule has 2 unspecified atom stereocenters. The molecule has 2 amide bonds. The summed E-state index contributed by atoms with van der Waals surface area (Å²) in [4.78, 5) is 31.5. The Morgan fingerprint density at radius 3 is 2.79 bits per heavy atom. The number of carbonyl (C=O) groups excluding carboxylic acids is 2. The third kappa shape index (κ3) is 4.90. The van der Waals surface area contributed by atoms with Gasteiger partial charge < -0.3 is 10.2 Å². The number of aromatic nitrogens is 1. The highest BCUT2D eigenvalue weighted by atomic mass is 32.2. The fourth-order valence-electron chi connectivity index (χ4n) is 3.95. The Hall–Kier alpha value is -1.52. The van der Waals surface area contributed by atoms with Crippen molar-refractivity contribution in [3.8, 4) is 0 Å². The van der Waals surface area contributed by atoms with Gasteiger partial charge in [0.1, 0.15) is 6.04 Å². The Bertz CT molecular complexity index is 782. The van der Waals surface area contributed by atoms with Crippen LogP contribution < -0.4 is 5.32 Å². The topological polar surface area (TPSA) is 99.7 Å². The van der Waals surface area contributed by atoms with Gasteiger partial charge in [-0.1, -0.05) is 13.3 Å². The molecule has 28 heavy (non-hydrogen) atoms. The molecule has 2 aliphatic heterocycles. The van der Waals surface area contributed by atoms with E-state index in [0.717, 1.165) is 19.3 Å². The predicted molar refractivity (Wildman–Crippen MR) is 108 cm³/mol. The van der Waals surface area contributed by atoms with E-state index >= 15 is 0 Å². The maximum absolute atomic E-state index is 13.2. The SMILES string of the molecule is CCCS(=O)(=O)N1CCCCC1C(=O)N1CCCC(C(=O)Nc2nccs2)C1. The van der Waals surface area contributed by atoms with Gasteiger partial charge in [-0.25, -0.2) is 13.4 Å². The lowest BCUT2D eigenvalue weighted by Crippen LogP contribution is -2.55. The fraction of sp³-hybridized carbons (Fsp3) is 0.722. The predicted octanol–water partition coefficient (Wildman–Crippen LogP) is 1.91. The number of likely N-dealkylation sites (tertiary alicyclic amines) is 1. The van der Waals surface area contributed by atoms with E-state index in [1.54, 1.807) is 16.5 Å². The zero-order chi connectivity index (χ0) is 20.1. The second-order valence-electron chi connectivity index (χ2n) is 7.39. The summed E-state index contributed by atoms with van der Waals surface area (Å²) < 4.78 is 26.6. The number of hydrogen-bond acceptors (Lipinski definition) is 6. The molecule has 2 fully saturated rings. The minimum Gasteiger partial charge on any atom is -0.341 e. The fourth-order valence-corrected chi connectivity index (χ4v) is 6.23. The van der Waals surface area contributed by atoms with E-state index in [-0.39, 0.29) is 23.5 Å². The zero-order valence-corrected chi connectivity index (χ0v) is 17.8. The van der Waals surface area contributed by atoms with Crippen LogP contribution >= 0.6 is 11.3 Å². The summed E-state index contributed by atoms with van der Waals surface area (Å²) in [5.74, 6) is -0.529. The van der Waals surface area contributed by atoms with Crippen LogP contribution in [0.25, 0.3) is 0 Å². The zero-order valence-electron chi connectivity index (χ0n) is 16.2. The highest BCUT2D eigenvalue weighted by Gasteiger charge is 2.40. The number of anilines is 1. The van der Waals surface area contributed by atoms with Crippen LogP contribution in [0.1, 0.15) is 45.4 Å². The molecule has 3 heterocycles. The molecule has 2 aliphatic rings. The van der Waals surface area contributed by atoms with Crippen LogP contribution in [0, 0.1) is 5.92 Å². The normalized spacial score (nSPS) is 24.1. The first-order valence-electron chi connectivity index (χ1n) is 9.91. The maximum atomic E-state index is 13.2. The minimum absolute atomic E-state index is 0.0651. The van der Waals surface area contributed by atoms with E-state index in [9.17, 15) is 18.0 Å². The molecule has 2 saturated heterocycles. The van der Waals surface area contributed by atoms with Crippen LogP contribution in [0.5, 0.6) is 0 Å². The van der Waals surface area contributed by atoms with Crippen molar-refractivity contribution in [2.75, 3.05) is 30.7 Å². The monoisotopic (exact) mass is 428 g/mol. The van der Waals surface area contributed by atoms with Gasteiger partial charge in [0.25, 0.3) is 0 Å². The Balaban J connectivity index is 1.67. The summed E-state index contributed by atoms with van der Waals surface area (Å²) in [7, 11) is -3.43. The summed E-state index contributed by atoms with van der Waals surface area (Å²) in [6.07, 6.45) is 5.78. The second-order valence-corrected chi connectivity index (χ2v) is 10.3. The Morgan fingerprint density at radius 1 is 1.25 bits per heavy atom. The Labute approximate surface area is 170 Å². The van der Waals surface area contributed by atoms with Gasteiger partial charge in [-0.3, -0.25) is 9.59 Å². The summed E-state index contributed by atoms with van der Waals surface area (Å²) >= 11 is 1.36. The number of hydrogen-bond donors (Lipinski definition) is 1. The molecule has 0 bridgehead atoms. The summed E-state index contributed by atoms with van der Waals surface area (Å²) in [5, 5.41) is 5.15. The number of sulfonamides is 1. The molecule has 1 aromatic rings. The summed E-state index contributed by atoms with van der Waals surface area (Å²) in [6.45, 7) is 3.13. The second kappa shape index (κ2) is 9.32. The molecule has 8 nitrogen and oxygen atoms in total. The molecular weight excluding hydrogens is 400 g/mol. The summed E-state index contributed by atoms with van der Waals surface area (Å²) in [5.41, 5.74) is 0. The van der Waals surface area contributed by atoms with Crippen LogP contribution in [0.15, 0.2) is 11.6 Å². The van der Waals surface area contributed by atoms with E-state index in [0.29, 0.717) is 44.0 Å². The van der Waals surface area contributed by atoms with Crippen LogP contribution in [-0.2, 0) is 19.6 Å². The van der Waals surface area contributed by atoms with Crippen molar-refractivity contribution in [2.24, 2.45) is 5.92 Å². The smallest absolute Gasteiger partial charge is 0.241 e. The summed E-state index contributed by atoms with van der Waals surface area (Å²) in [6, 6.07) is -0.633. The van der Waals surface area contributed by atoms with Gasteiger partial charge in [0.15, 0.2) is 5.13 Å². The van der Waals surface area contributed by atoms with E-state index in [2.05, 4.69) is 10.3 Å². The lowest BCUT2D eigenvalue weighted by atomic mass is 9.95. The number of amides is 2. The first kappa shape index (κ1) is 21.2. The van der Waals surface area contributed by atoms with Gasteiger partial charge in [-0.15, -0.1) is 11.3 Å². The van der Waals surface area contributed by atoms with Gasteiger partial charge in [0.05, 0.1) is 11.7 Å². The first-order chi connectivity index (χ1) is 13.4. The molecule has 1 aromatic heterocycles. The standard InChI is InChI=1S/C18H28N4O4S2/c1-2-12-28(25,26)22-10-4-3-7-15(22)17(24)21-9-5-6-14(13-21)16(23)20-18-19-8-11-27-18/h8,11,14-15H,2-7,9-10,12-13H2,1H3,(H,19,20,23). The van der Waals surface area contributed by atoms with E-state index < -0.39 is 16.1 Å². The van der Waals surface area contributed by atoms with Crippen molar-refractivity contribution in [3.05, 3.63) is 11.6 Å². The van der Waals surface area contributed by atoms with E-state index in [4.69, 9.17) is 0 Å². The number of rotatable bonds is 6. The highest BCUT2D eigenvalue weighted by molar-refractivity contribution is 7.89. The Kier molecular flexibility index (Phi) is 7.05. The molecule has 156 valence electrons. The average molecular weight is 429 g/mol. The molecule has 10 heteroatoms. The van der Waals surface area contributed by atoms with Gasteiger partial charge in [-0.05, 0) is 32.1 Å². The van der Waals surface area contributed by atoms with Crippen molar-refractivity contribution in [2.45, 2.75) is 51.5 Å². The van der Waals surface area contributed by atoms with Crippen LogP contribution in [0.4, 0.5) is 5.13 Å². The van der Waals surface area contributed by atoms with Crippen LogP contribution in [0.3, 0.4) is 0 Å². The van der Waals surface area contributed by atoms with Gasteiger partial charge in [0.2, 0.25) is 21.8 Å². The maximum Gasteiger partial charge on any atom is 0.241 e. The molecule has 0 saturated carbocycles. The molecule has 0 spiro atoms. The molecule has 0 radical (unpaired) electrons. The molecule has 3 rings (SSSR count). The van der Waals surface area contributed by atoms with E-state index in [1.165, 1.54) is 15.6 Å². The molecule has 0 aromatic carbocycles. The third-order valence-electron chi connectivity index (χ3n) is 5.32. The third-order valence-corrected chi connectivity index (χ3v) is 8.09. The lowest BCUT2D eigenvalue weighted by Gasteiger charge is -2.39. The number of carbonyl (C=O) groups is 2. The molecule has 2 atom stereocenters. The quantitative estimate of drug-likeness (QED) is 0.746. The Morgan fingerprint density at radius 2 is 2.07 bits per heavy atom. The largest absolute Gasteiger partial charge is 0.341 e. The number of nitrogens with zero attached hydrogens (tertiary/aromatic N) is 3. The van der Waals surface area contributed by atoms with Gasteiger partial charge >= 0.3 is 0 Å². The average Bonchev–Trinajstić information content (AvgIpc) is 3.20. The van der Waals surface area contributed by atoms with Crippen molar-refractivity contribution in [1.29, 1.82) is 0 Å². The van der Waals surface area contributed by atoms with Crippen molar-refractivity contribution >= 4 is 38.3 Å². The minimum atomic E-state index is -3.43. The van der Waals surface area contributed by atoms with Crippen molar-refractivity contribution in [3.63, 3.8) is 0 Å². The van der Waals surface area contributed by atoms with E-state index in [1.807, 2.05) is 6.92 Å². The van der Waals surface area contributed by atoms with Gasteiger partial charge in [0, 0.05) is 31.2 Å². The first-order valence-corrected chi connectivity index (χ1v) is 12.4. The van der Waals surface area contributed by atoms with Crippen LogP contribution in [-0.4, -0.2) is 65.9 Å². The lowest BCUT2D eigenvalue weighted by molar-refractivity contribution is -0.139. The van der Waals surface area contributed by atoms with Crippen molar-refractivity contribution in [1.82, 2.24) is 14.2 Å². The number of nitrogens with one attached hydrogen (secondary N) is 1. The van der Waals surface area contributed by atoms with Crippen LogP contribution in [0.2, 0.25) is 0 Å². The molecule has 1 N–H and O–H groups in total. The highest BCUT2D eigenvalue weighted by Crippen LogP contribution is 2.26. The van der Waals surface area contributed by atoms with Gasteiger partial charge in [-0.2, -0.15) is 4.31 Å². The number of thiazole rings is 1. The molecular formula is C18H28N4O4S2. The van der Waals surface area contributed by atoms with Crippen molar-refractivity contribution < 1.29 is 18.0 Å². The number of piperidine rings is 2. The molecule has 0 aliphatic carbocycles.